The van der Waals surface area contributed by atoms with Crippen molar-refractivity contribution >= 4 is 17.8 Å². The number of aromatic nitrogens is 1. The van der Waals surface area contributed by atoms with E-state index >= 15 is 0 Å². The highest BCUT2D eigenvalue weighted by molar-refractivity contribution is 6.00. The lowest BCUT2D eigenvalue weighted by molar-refractivity contribution is 0.101. The number of rotatable bonds is 5. The molecule has 0 spiro atoms. The van der Waals surface area contributed by atoms with E-state index in [1.165, 1.54) is 6.07 Å². The Morgan fingerprint density at radius 2 is 1.47 bits per heavy atom. The molecule has 5 nitrogen and oxygen atoms in total. The summed E-state index contributed by atoms with van der Waals surface area (Å²) in [4.78, 5) is 26.0. The average Bonchev–Trinajstić information content (AvgIpc) is 2.85. The molecule has 0 radical (unpaired) electrons. The van der Waals surface area contributed by atoms with E-state index in [-0.39, 0.29) is 11.5 Å². The van der Waals surface area contributed by atoms with E-state index < -0.39 is 0 Å². The first kappa shape index (κ1) is 22.4. The molecule has 0 saturated carbocycles. The average molecular weight is 425 g/mol. The van der Waals surface area contributed by atoms with Crippen molar-refractivity contribution in [2.24, 2.45) is 0 Å². The predicted molar refractivity (Wildman–Crippen MR) is 128 cm³/mol. The van der Waals surface area contributed by atoms with Crippen molar-refractivity contribution in [1.29, 1.82) is 0 Å². The molecule has 0 saturated heterocycles. The molecule has 160 valence electrons. The summed E-state index contributed by atoms with van der Waals surface area (Å²) in [6, 6.07) is 24.6. The minimum atomic E-state index is 0.00260. The fourth-order valence-electron chi connectivity index (χ4n) is 3.24. The van der Waals surface area contributed by atoms with E-state index in [4.69, 9.17) is 0 Å². The Kier molecular flexibility index (Phi) is 7.49. The van der Waals surface area contributed by atoms with Crippen LogP contribution in [0.5, 0.6) is 5.75 Å². The zero-order valence-electron chi connectivity index (χ0n) is 17.9. The zero-order chi connectivity index (χ0) is 22.9. The molecule has 2 N–H and O–H groups in total. The number of nitrogens with one attached hydrogen (secondary N) is 1. The largest absolute Gasteiger partial charge is 0.507 e. The Balaban J connectivity index is 0.000000182. The number of carbonyl (C=O) groups is 2. The molecule has 0 aliphatic rings. The third-order valence-electron chi connectivity index (χ3n) is 4.94. The minimum absolute atomic E-state index is 0.00260. The normalized spacial score (nSPS) is 9.94. The topological polar surface area (TPSA) is 79.3 Å². The Labute approximate surface area is 187 Å². The maximum Gasteiger partial charge on any atom is 0.161 e. The van der Waals surface area contributed by atoms with Crippen molar-refractivity contribution in [3.05, 3.63) is 102 Å². The minimum Gasteiger partial charge on any atom is -0.507 e. The van der Waals surface area contributed by atoms with Crippen LogP contribution >= 0.6 is 0 Å². The Bertz CT molecular complexity index is 1210. The lowest BCUT2D eigenvalue weighted by Crippen LogP contribution is -2.00. The van der Waals surface area contributed by atoms with Crippen LogP contribution in [-0.2, 0) is 0 Å². The van der Waals surface area contributed by atoms with Crippen molar-refractivity contribution in [1.82, 2.24) is 4.98 Å². The van der Waals surface area contributed by atoms with Crippen LogP contribution in [0, 0.1) is 0 Å². The third-order valence-corrected chi connectivity index (χ3v) is 4.94. The maximum absolute atomic E-state index is 11.4. The molecule has 3 aromatic carbocycles. The van der Waals surface area contributed by atoms with Gasteiger partial charge in [0.2, 0.25) is 0 Å². The molecule has 0 bridgehead atoms. The number of ketones is 1. The Morgan fingerprint density at radius 1 is 0.844 bits per heavy atom. The SMILES string of the molecule is CNc1cc(-c2ccccc2)ccc1C(C)=O.O=Cc1cc(-c2ccncc2)ccc1O. The molecular weight excluding hydrogens is 400 g/mol. The molecule has 1 aromatic heterocycles. The monoisotopic (exact) mass is 424 g/mol. The number of aldehydes is 1. The van der Waals surface area contributed by atoms with Crippen LogP contribution in [0.3, 0.4) is 0 Å². The van der Waals surface area contributed by atoms with Gasteiger partial charge in [-0.25, -0.2) is 0 Å². The Morgan fingerprint density at radius 3 is 2.09 bits per heavy atom. The van der Waals surface area contributed by atoms with Gasteiger partial charge in [-0.1, -0.05) is 42.5 Å². The molecule has 4 aromatic rings. The first-order chi connectivity index (χ1) is 15.5. The van der Waals surface area contributed by atoms with Crippen LogP contribution in [0.1, 0.15) is 27.6 Å². The molecule has 0 aliphatic heterocycles. The van der Waals surface area contributed by atoms with Crippen LogP contribution < -0.4 is 5.32 Å². The summed E-state index contributed by atoms with van der Waals surface area (Å²) in [5.74, 6) is 0.0803. The highest BCUT2D eigenvalue weighted by Crippen LogP contribution is 2.26. The fraction of sp³-hybridized carbons (Fsp3) is 0.0741. The van der Waals surface area contributed by atoms with Crippen molar-refractivity contribution < 1.29 is 14.7 Å². The summed E-state index contributed by atoms with van der Waals surface area (Å²) < 4.78 is 0. The molecule has 0 fully saturated rings. The lowest BCUT2D eigenvalue weighted by atomic mass is 10.0. The second-order valence-corrected chi connectivity index (χ2v) is 7.06. The standard InChI is InChI=1S/C15H15NO.C12H9NO2/c1-11(17)14-9-8-13(10-15(14)16-2)12-6-4-3-5-7-12;14-8-11-7-10(1-2-12(11)15)9-3-5-13-6-4-9/h3-10,16H,1-2H3;1-8,15H. The molecule has 5 heteroatoms. The molecule has 0 aliphatic carbocycles. The van der Waals surface area contributed by atoms with Gasteiger partial charge in [0.25, 0.3) is 0 Å². The molecule has 32 heavy (non-hydrogen) atoms. The number of hydrogen-bond donors (Lipinski definition) is 2. The summed E-state index contributed by atoms with van der Waals surface area (Å²) in [7, 11) is 1.83. The second-order valence-electron chi connectivity index (χ2n) is 7.06. The summed E-state index contributed by atoms with van der Waals surface area (Å²) in [6.07, 6.45) is 4.01. The van der Waals surface area contributed by atoms with Crippen LogP contribution in [0.4, 0.5) is 5.69 Å². The molecular formula is C27H24N2O3. The van der Waals surface area contributed by atoms with Gasteiger partial charge in [0.15, 0.2) is 12.1 Å². The quantitative estimate of drug-likeness (QED) is 0.310. The fourth-order valence-corrected chi connectivity index (χ4v) is 3.24. The zero-order valence-corrected chi connectivity index (χ0v) is 17.9. The smallest absolute Gasteiger partial charge is 0.161 e. The van der Waals surface area contributed by atoms with Gasteiger partial charge in [-0.3, -0.25) is 14.6 Å². The van der Waals surface area contributed by atoms with Gasteiger partial charge in [-0.15, -0.1) is 0 Å². The van der Waals surface area contributed by atoms with Crippen LogP contribution in [0.15, 0.2) is 91.3 Å². The third kappa shape index (κ3) is 5.46. The van der Waals surface area contributed by atoms with Crippen molar-refractivity contribution in [2.75, 3.05) is 12.4 Å². The molecule has 1 heterocycles. The van der Waals surface area contributed by atoms with E-state index in [0.29, 0.717) is 11.8 Å². The predicted octanol–water partition coefficient (Wildman–Crippen LogP) is 5.86. The molecule has 0 unspecified atom stereocenters. The summed E-state index contributed by atoms with van der Waals surface area (Å²) in [6.45, 7) is 1.58. The molecule has 4 rings (SSSR count). The second kappa shape index (κ2) is 10.7. The molecule has 0 atom stereocenters. The van der Waals surface area contributed by atoms with E-state index in [9.17, 15) is 14.7 Å². The van der Waals surface area contributed by atoms with E-state index in [0.717, 1.165) is 33.5 Å². The number of hydrogen-bond acceptors (Lipinski definition) is 5. The number of carbonyl (C=O) groups excluding carboxylic acids is 2. The van der Waals surface area contributed by atoms with Gasteiger partial charge in [-0.05, 0) is 65.6 Å². The van der Waals surface area contributed by atoms with Gasteiger partial charge in [0.1, 0.15) is 5.75 Å². The van der Waals surface area contributed by atoms with Crippen LogP contribution in [0.2, 0.25) is 0 Å². The van der Waals surface area contributed by atoms with E-state index in [1.807, 2.05) is 55.6 Å². The lowest BCUT2D eigenvalue weighted by Gasteiger charge is -2.09. The number of aromatic hydroxyl groups is 1. The van der Waals surface area contributed by atoms with Gasteiger partial charge < -0.3 is 10.4 Å². The van der Waals surface area contributed by atoms with Gasteiger partial charge in [0, 0.05) is 30.7 Å². The molecule has 0 amide bonds. The van der Waals surface area contributed by atoms with Crippen molar-refractivity contribution in [2.45, 2.75) is 6.92 Å². The first-order valence-electron chi connectivity index (χ1n) is 10.1. The van der Waals surface area contributed by atoms with Gasteiger partial charge in [0.05, 0.1) is 5.56 Å². The number of benzene rings is 3. The number of phenols is 1. The Hall–Kier alpha value is -4.25. The van der Waals surface area contributed by atoms with Crippen LogP contribution in [-0.4, -0.2) is 29.2 Å². The van der Waals surface area contributed by atoms with Gasteiger partial charge >= 0.3 is 0 Å². The number of Topliss-reactive ketones (excluding diaryl/α,β-unsaturated/α-hetero) is 1. The number of nitrogens with zero attached hydrogens (tertiary/aromatic N) is 1. The van der Waals surface area contributed by atoms with Crippen LogP contribution in [0.25, 0.3) is 22.3 Å². The van der Waals surface area contributed by atoms with E-state index in [1.54, 1.807) is 31.5 Å². The summed E-state index contributed by atoms with van der Waals surface area (Å²) in [5.41, 5.74) is 6.01. The summed E-state index contributed by atoms with van der Waals surface area (Å²) >= 11 is 0. The maximum atomic E-state index is 11.4. The van der Waals surface area contributed by atoms with Crippen molar-refractivity contribution in [3.8, 4) is 28.0 Å². The number of pyridine rings is 1. The summed E-state index contributed by atoms with van der Waals surface area (Å²) in [5, 5.41) is 12.4. The first-order valence-corrected chi connectivity index (χ1v) is 10.1. The highest BCUT2D eigenvalue weighted by atomic mass is 16.3. The number of anilines is 1. The van der Waals surface area contributed by atoms with Crippen molar-refractivity contribution in [3.63, 3.8) is 0 Å². The van der Waals surface area contributed by atoms with Gasteiger partial charge in [-0.2, -0.15) is 0 Å². The number of phenolic OH excluding ortho intramolecular Hbond substituents is 1. The van der Waals surface area contributed by atoms with E-state index in [2.05, 4.69) is 22.4 Å². The highest BCUT2D eigenvalue weighted by Gasteiger charge is 2.07.